The van der Waals surface area contributed by atoms with E-state index in [1.54, 1.807) is 12.5 Å². The molecule has 1 N–H and O–H groups in total. The molecule has 0 aliphatic carbocycles. The van der Waals surface area contributed by atoms with E-state index < -0.39 is 0 Å². The fraction of sp³-hybridized carbons (Fsp3) is 0.615. The second-order valence-electron chi connectivity index (χ2n) is 5.22. The second kappa shape index (κ2) is 6.69. The van der Waals surface area contributed by atoms with Gasteiger partial charge in [-0.3, -0.25) is 4.79 Å². The number of rotatable bonds is 5. The van der Waals surface area contributed by atoms with Crippen LogP contribution in [-0.2, 0) is 16.8 Å². The van der Waals surface area contributed by atoms with E-state index in [-0.39, 0.29) is 11.3 Å². The van der Waals surface area contributed by atoms with Crippen molar-refractivity contribution in [1.29, 1.82) is 0 Å². The number of hydrogen-bond donors (Lipinski definition) is 1. The quantitative estimate of drug-likeness (QED) is 0.835. The zero-order valence-electron chi connectivity index (χ0n) is 11.2. The molecule has 18 heavy (non-hydrogen) atoms. The van der Waals surface area contributed by atoms with Gasteiger partial charge in [0.25, 0.3) is 0 Å². The lowest BCUT2D eigenvalue weighted by Gasteiger charge is -2.20. The first-order chi connectivity index (χ1) is 8.45. The molecule has 100 valence electrons. The van der Waals surface area contributed by atoms with Gasteiger partial charge in [-0.25, -0.2) is 9.97 Å². The van der Waals surface area contributed by atoms with E-state index in [0.717, 1.165) is 11.3 Å². The number of carbonyl (C=O) groups excluding carboxylic acids is 1. The van der Waals surface area contributed by atoms with Gasteiger partial charge in [-0.1, -0.05) is 20.8 Å². The largest absolute Gasteiger partial charge is 0.352 e. The highest BCUT2D eigenvalue weighted by Gasteiger charge is 2.19. The van der Waals surface area contributed by atoms with Gasteiger partial charge in [0.2, 0.25) is 5.91 Å². The second-order valence-corrected chi connectivity index (χ2v) is 5.59. The predicted molar refractivity (Wildman–Crippen MR) is 72.5 cm³/mol. The summed E-state index contributed by atoms with van der Waals surface area (Å²) in [6, 6.07) is 0. The molecule has 0 aromatic carbocycles. The zero-order valence-corrected chi connectivity index (χ0v) is 11.9. The Labute approximate surface area is 113 Å². The van der Waals surface area contributed by atoms with E-state index in [1.807, 2.05) is 0 Å². The van der Waals surface area contributed by atoms with Gasteiger partial charge in [-0.05, 0) is 6.42 Å². The van der Waals surface area contributed by atoms with Crippen molar-refractivity contribution in [3.8, 4) is 0 Å². The van der Waals surface area contributed by atoms with Crippen LogP contribution in [0.2, 0.25) is 0 Å². The number of nitrogens with one attached hydrogen (secondary N) is 1. The van der Waals surface area contributed by atoms with Crippen molar-refractivity contribution >= 4 is 17.5 Å². The van der Waals surface area contributed by atoms with E-state index in [9.17, 15) is 4.79 Å². The Kier molecular flexibility index (Phi) is 5.54. The molecule has 0 spiro atoms. The maximum absolute atomic E-state index is 11.5. The Morgan fingerprint density at radius 1 is 1.44 bits per heavy atom. The molecule has 0 aliphatic heterocycles. The number of carbonyl (C=O) groups is 1. The average Bonchev–Trinajstić information content (AvgIpc) is 2.33. The van der Waals surface area contributed by atoms with Crippen LogP contribution in [0.5, 0.6) is 0 Å². The summed E-state index contributed by atoms with van der Waals surface area (Å²) in [6.07, 6.45) is 4.46. The third-order valence-corrected chi connectivity index (χ3v) is 2.78. The molecule has 0 aliphatic rings. The number of nitrogens with zero attached hydrogens (tertiary/aromatic N) is 2. The lowest BCUT2D eigenvalue weighted by atomic mass is 9.89. The van der Waals surface area contributed by atoms with Crippen LogP contribution < -0.4 is 5.32 Å². The van der Waals surface area contributed by atoms with Gasteiger partial charge in [0.05, 0.1) is 5.69 Å². The van der Waals surface area contributed by atoms with Gasteiger partial charge in [0, 0.05) is 36.0 Å². The third kappa shape index (κ3) is 4.61. The number of hydrogen-bond acceptors (Lipinski definition) is 3. The van der Waals surface area contributed by atoms with E-state index in [4.69, 9.17) is 11.6 Å². The molecule has 1 rings (SSSR count). The molecule has 0 bridgehead atoms. The van der Waals surface area contributed by atoms with Crippen molar-refractivity contribution in [1.82, 2.24) is 15.3 Å². The van der Waals surface area contributed by atoms with Gasteiger partial charge in [-0.2, -0.15) is 0 Å². The van der Waals surface area contributed by atoms with Crippen molar-refractivity contribution in [3.63, 3.8) is 0 Å². The maximum Gasteiger partial charge on any atom is 0.220 e. The molecule has 1 amide bonds. The highest BCUT2D eigenvalue weighted by molar-refractivity contribution is 6.17. The molecule has 0 unspecified atom stereocenters. The molecule has 1 aromatic rings. The fourth-order valence-corrected chi connectivity index (χ4v) is 1.81. The van der Waals surface area contributed by atoms with Gasteiger partial charge in [0.15, 0.2) is 0 Å². The van der Waals surface area contributed by atoms with Crippen molar-refractivity contribution in [2.75, 3.05) is 5.88 Å². The molecule has 0 atom stereocenters. The first-order valence-corrected chi connectivity index (χ1v) is 6.60. The predicted octanol–water partition coefficient (Wildman–Crippen LogP) is 2.41. The Morgan fingerprint density at radius 3 is 2.78 bits per heavy atom. The Morgan fingerprint density at radius 2 is 2.17 bits per heavy atom. The summed E-state index contributed by atoms with van der Waals surface area (Å²) < 4.78 is 0. The lowest BCUT2D eigenvalue weighted by Crippen LogP contribution is -2.26. The third-order valence-electron chi connectivity index (χ3n) is 2.51. The topological polar surface area (TPSA) is 54.9 Å². The SMILES string of the molecule is CC(C)(C)c1ncncc1CNC(=O)CCCCl. The summed E-state index contributed by atoms with van der Waals surface area (Å²) in [6.45, 7) is 6.74. The summed E-state index contributed by atoms with van der Waals surface area (Å²) in [5, 5.41) is 2.87. The number of alkyl halides is 1. The standard InChI is InChI=1S/C13H20ClN3O/c1-13(2,3)12-10(7-15-9-17-12)8-16-11(18)5-4-6-14/h7,9H,4-6,8H2,1-3H3,(H,16,18). The molecular formula is C13H20ClN3O. The van der Waals surface area contributed by atoms with Crippen LogP contribution in [0.4, 0.5) is 0 Å². The number of amides is 1. The van der Waals surface area contributed by atoms with Crippen LogP contribution in [0, 0.1) is 0 Å². The van der Waals surface area contributed by atoms with Crippen LogP contribution in [0.25, 0.3) is 0 Å². The fourth-order valence-electron chi connectivity index (χ4n) is 1.67. The molecule has 0 radical (unpaired) electrons. The van der Waals surface area contributed by atoms with E-state index >= 15 is 0 Å². The number of aromatic nitrogens is 2. The maximum atomic E-state index is 11.5. The van der Waals surface area contributed by atoms with Crippen LogP contribution in [0.15, 0.2) is 12.5 Å². The van der Waals surface area contributed by atoms with E-state index in [1.165, 1.54) is 0 Å². The Balaban J connectivity index is 2.65. The average molecular weight is 270 g/mol. The normalized spacial score (nSPS) is 11.3. The van der Waals surface area contributed by atoms with Crippen LogP contribution in [0.1, 0.15) is 44.9 Å². The van der Waals surface area contributed by atoms with E-state index in [0.29, 0.717) is 25.3 Å². The van der Waals surface area contributed by atoms with Crippen LogP contribution >= 0.6 is 11.6 Å². The molecule has 0 saturated carbocycles. The molecule has 0 fully saturated rings. The minimum atomic E-state index is -0.0564. The van der Waals surface area contributed by atoms with Gasteiger partial charge in [0.1, 0.15) is 6.33 Å². The van der Waals surface area contributed by atoms with Crippen LogP contribution in [0.3, 0.4) is 0 Å². The lowest BCUT2D eigenvalue weighted by molar-refractivity contribution is -0.121. The smallest absolute Gasteiger partial charge is 0.220 e. The Bertz CT molecular complexity index is 401. The van der Waals surface area contributed by atoms with Gasteiger partial charge < -0.3 is 5.32 Å². The highest BCUT2D eigenvalue weighted by atomic mass is 35.5. The summed E-state index contributed by atoms with van der Waals surface area (Å²) in [5.74, 6) is 0.522. The van der Waals surface area contributed by atoms with Gasteiger partial charge >= 0.3 is 0 Å². The summed E-state index contributed by atoms with van der Waals surface area (Å²) in [5.41, 5.74) is 1.87. The molecule has 5 heteroatoms. The molecule has 1 aromatic heterocycles. The number of halogens is 1. The van der Waals surface area contributed by atoms with E-state index in [2.05, 4.69) is 36.1 Å². The molecule has 1 heterocycles. The summed E-state index contributed by atoms with van der Waals surface area (Å²) in [7, 11) is 0. The van der Waals surface area contributed by atoms with Crippen molar-refractivity contribution < 1.29 is 4.79 Å². The summed E-state index contributed by atoms with van der Waals surface area (Å²) in [4.78, 5) is 19.8. The van der Waals surface area contributed by atoms with Crippen molar-refractivity contribution in [3.05, 3.63) is 23.8 Å². The molecular weight excluding hydrogens is 250 g/mol. The summed E-state index contributed by atoms with van der Waals surface area (Å²) >= 11 is 5.55. The first kappa shape index (κ1) is 14.9. The monoisotopic (exact) mass is 269 g/mol. The van der Waals surface area contributed by atoms with Gasteiger partial charge in [-0.15, -0.1) is 11.6 Å². The highest BCUT2D eigenvalue weighted by Crippen LogP contribution is 2.22. The zero-order chi connectivity index (χ0) is 13.6. The van der Waals surface area contributed by atoms with Crippen molar-refractivity contribution in [2.24, 2.45) is 0 Å². The first-order valence-electron chi connectivity index (χ1n) is 6.07. The Hall–Kier alpha value is -1.16. The molecule has 0 saturated heterocycles. The molecule has 4 nitrogen and oxygen atoms in total. The minimum absolute atomic E-state index is 0.0133. The minimum Gasteiger partial charge on any atom is -0.352 e. The van der Waals surface area contributed by atoms with Crippen molar-refractivity contribution in [2.45, 2.75) is 45.6 Å². The van der Waals surface area contributed by atoms with Crippen LogP contribution in [-0.4, -0.2) is 21.8 Å².